The second kappa shape index (κ2) is 13.7. The predicted octanol–water partition coefficient (Wildman–Crippen LogP) is 5.24. The summed E-state index contributed by atoms with van der Waals surface area (Å²) in [4.78, 5) is 12.7. The van der Waals surface area contributed by atoms with E-state index < -0.39 is 22.3 Å². The molecule has 0 saturated carbocycles. The highest BCUT2D eigenvalue weighted by Crippen LogP contribution is 2.26. The first-order chi connectivity index (χ1) is 17.3. The summed E-state index contributed by atoms with van der Waals surface area (Å²) in [6.07, 6.45) is 1.14. The van der Waals surface area contributed by atoms with Crippen molar-refractivity contribution in [3.63, 3.8) is 0 Å². The van der Waals surface area contributed by atoms with E-state index in [0.29, 0.717) is 17.6 Å². The van der Waals surface area contributed by atoms with E-state index in [2.05, 4.69) is 5.32 Å². The molecule has 0 spiro atoms. The number of hydrogen-bond donors (Lipinski definition) is 2. The van der Waals surface area contributed by atoms with Gasteiger partial charge in [-0.2, -0.15) is 20.2 Å². The zero-order chi connectivity index (χ0) is 25.8. The van der Waals surface area contributed by atoms with Gasteiger partial charge in [0.25, 0.3) is 10.1 Å². The molecule has 0 aliphatic carbocycles. The molecular formula is C27H29NO6S2. The van der Waals surface area contributed by atoms with E-state index in [-0.39, 0.29) is 11.9 Å². The molecule has 3 aromatic rings. The second-order valence-electron chi connectivity index (χ2n) is 7.96. The first-order valence-electron chi connectivity index (χ1n) is 11.2. The molecule has 3 rings (SSSR count). The van der Waals surface area contributed by atoms with Gasteiger partial charge in [0.2, 0.25) is 0 Å². The number of carbonyl (C=O) groups is 1. The number of amides is 1. The van der Waals surface area contributed by atoms with Gasteiger partial charge in [0.1, 0.15) is 12.4 Å². The molecule has 9 heteroatoms. The lowest BCUT2D eigenvalue weighted by molar-refractivity contribution is 0.137. The molecule has 7 nitrogen and oxygen atoms in total. The molecule has 3 aromatic carbocycles. The summed E-state index contributed by atoms with van der Waals surface area (Å²) in [6.45, 7) is 0.0732. The summed E-state index contributed by atoms with van der Waals surface area (Å²) < 4.78 is 42.8. The van der Waals surface area contributed by atoms with Crippen LogP contribution in [0.15, 0.2) is 96.4 Å². The maximum absolute atomic E-state index is 12.7. The van der Waals surface area contributed by atoms with E-state index in [1.165, 1.54) is 6.08 Å². The van der Waals surface area contributed by atoms with Crippen LogP contribution in [0.5, 0.6) is 5.75 Å². The molecule has 0 bridgehead atoms. The number of methoxy groups -OCH3 is 1. The Balaban J connectivity index is 1.79. The van der Waals surface area contributed by atoms with Gasteiger partial charge in [0.05, 0.1) is 18.6 Å². The smallest absolute Gasteiger partial charge is 0.407 e. The Morgan fingerprint density at radius 3 is 2.14 bits per heavy atom. The molecule has 0 heterocycles. The molecule has 0 aliphatic heterocycles. The molecule has 0 aliphatic rings. The zero-order valence-corrected chi connectivity index (χ0v) is 21.5. The molecule has 2 atom stereocenters. The third-order valence-corrected chi connectivity index (χ3v) is 7.15. The number of nitrogens with one attached hydrogen (secondary N) is 1. The molecule has 2 N–H and O–H groups in total. The first-order valence-corrected chi connectivity index (χ1v) is 13.8. The Morgan fingerprint density at radius 1 is 0.944 bits per heavy atom. The molecule has 0 fully saturated rings. The molecule has 2 unspecified atom stereocenters. The van der Waals surface area contributed by atoms with Crippen LogP contribution in [-0.2, 0) is 33.6 Å². The minimum atomic E-state index is -4.39. The standard InChI is InChI=1S/C27H29NO6S2/c1-33-24-14-12-23(13-15-24)20-35-26(18-21-8-4-2-5-9-21)25(16-17-36(30,31)32)28-27(29)34-19-22-10-6-3-7-11-22/h2-17,25-26H,18-20H2,1H3,(H,28,29)(H,30,31,32). The molecular weight excluding hydrogens is 498 g/mol. The summed E-state index contributed by atoms with van der Waals surface area (Å²) >= 11 is 1.56. The third-order valence-electron chi connectivity index (χ3n) is 5.26. The quantitative estimate of drug-likeness (QED) is 0.311. The van der Waals surface area contributed by atoms with Crippen molar-refractivity contribution < 1.29 is 27.2 Å². The van der Waals surface area contributed by atoms with Gasteiger partial charge in [-0.05, 0) is 41.3 Å². The van der Waals surface area contributed by atoms with Gasteiger partial charge in [-0.1, -0.05) is 72.8 Å². The van der Waals surface area contributed by atoms with Crippen molar-refractivity contribution in [1.82, 2.24) is 5.32 Å². The summed E-state index contributed by atoms with van der Waals surface area (Å²) in [5.41, 5.74) is 2.89. The zero-order valence-electron chi connectivity index (χ0n) is 19.8. The number of thioether (sulfide) groups is 1. The van der Waals surface area contributed by atoms with Crippen molar-refractivity contribution in [2.75, 3.05) is 7.11 Å². The van der Waals surface area contributed by atoms with E-state index >= 15 is 0 Å². The van der Waals surface area contributed by atoms with Crippen molar-refractivity contribution in [1.29, 1.82) is 0 Å². The topological polar surface area (TPSA) is 102 Å². The van der Waals surface area contributed by atoms with Crippen LogP contribution in [0.2, 0.25) is 0 Å². The van der Waals surface area contributed by atoms with Gasteiger partial charge in [0, 0.05) is 11.0 Å². The third kappa shape index (κ3) is 9.77. The molecule has 0 aromatic heterocycles. The van der Waals surface area contributed by atoms with Gasteiger partial charge in [-0.25, -0.2) is 4.79 Å². The number of alkyl carbamates (subject to hydrolysis) is 1. The van der Waals surface area contributed by atoms with Gasteiger partial charge in [-0.3, -0.25) is 4.55 Å². The fourth-order valence-corrected chi connectivity index (χ4v) is 5.05. The molecule has 1 amide bonds. The summed E-state index contributed by atoms with van der Waals surface area (Å²) in [5, 5.41) is 3.20. The van der Waals surface area contributed by atoms with Crippen molar-refractivity contribution in [2.45, 2.75) is 30.1 Å². The highest BCUT2D eigenvalue weighted by molar-refractivity contribution is 7.99. The van der Waals surface area contributed by atoms with Crippen molar-refractivity contribution in [2.24, 2.45) is 0 Å². The maximum atomic E-state index is 12.7. The monoisotopic (exact) mass is 527 g/mol. The SMILES string of the molecule is COc1ccc(CSC(Cc2ccccc2)C(C=CS(=O)(=O)O)NC(=O)OCc2ccccc2)cc1. The lowest BCUT2D eigenvalue weighted by atomic mass is 10.0. The lowest BCUT2D eigenvalue weighted by Gasteiger charge is -2.25. The minimum Gasteiger partial charge on any atom is -0.497 e. The number of ether oxygens (including phenoxy) is 2. The van der Waals surface area contributed by atoms with Gasteiger partial charge < -0.3 is 14.8 Å². The Hall–Kier alpha value is -3.27. The van der Waals surface area contributed by atoms with Crippen LogP contribution in [0.25, 0.3) is 0 Å². The highest BCUT2D eigenvalue weighted by atomic mass is 32.2. The van der Waals surface area contributed by atoms with Crippen LogP contribution in [-0.4, -0.2) is 37.5 Å². The van der Waals surface area contributed by atoms with E-state index in [1.807, 2.05) is 84.9 Å². The van der Waals surface area contributed by atoms with Gasteiger partial charge >= 0.3 is 6.09 Å². The van der Waals surface area contributed by atoms with Crippen LogP contribution >= 0.6 is 11.8 Å². The molecule has 0 saturated heterocycles. The number of carbonyl (C=O) groups excluding carboxylic acids is 1. The molecule has 0 radical (unpaired) electrons. The van der Waals surface area contributed by atoms with E-state index in [4.69, 9.17) is 9.47 Å². The minimum absolute atomic E-state index is 0.0732. The average Bonchev–Trinajstić information content (AvgIpc) is 2.89. The fraction of sp³-hybridized carbons (Fsp3) is 0.222. The molecule has 36 heavy (non-hydrogen) atoms. The summed E-state index contributed by atoms with van der Waals surface area (Å²) in [7, 11) is -2.78. The number of benzene rings is 3. The van der Waals surface area contributed by atoms with Crippen LogP contribution in [0.1, 0.15) is 16.7 Å². The largest absolute Gasteiger partial charge is 0.497 e. The van der Waals surface area contributed by atoms with E-state index in [0.717, 1.165) is 22.4 Å². The van der Waals surface area contributed by atoms with Gasteiger partial charge in [0.15, 0.2) is 0 Å². The maximum Gasteiger partial charge on any atom is 0.407 e. The Bertz CT molecular complexity index is 1220. The highest BCUT2D eigenvalue weighted by Gasteiger charge is 2.24. The fourth-order valence-electron chi connectivity index (χ4n) is 3.41. The Kier molecular flexibility index (Phi) is 10.4. The average molecular weight is 528 g/mol. The number of rotatable bonds is 12. The number of hydrogen-bond acceptors (Lipinski definition) is 6. The van der Waals surface area contributed by atoms with E-state index in [9.17, 15) is 17.8 Å². The van der Waals surface area contributed by atoms with E-state index in [1.54, 1.807) is 18.9 Å². The van der Waals surface area contributed by atoms with Crippen LogP contribution < -0.4 is 10.1 Å². The van der Waals surface area contributed by atoms with Crippen molar-refractivity contribution in [3.8, 4) is 5.75 Å². The first kappa shape index (κ1) is 27.3. The van der Waals surface area contributed by atoms with Crippen LogP contribution in [0, 0.1) is 0 Å². The molecule has 190 valence electrons. The van der Waals surface area contributed by atoms with Crippen LogP contribution in [0.4, 0.5) is 4.79 Å². The van der Waals surface area contributed by atoms with Gasteiger partial charge in [-0.15, -0.1) is 0 Å². The summed E-state index contributed by atoms with van der Waals surface area (Å²) in [6, 6.07) is 25.9. The Labute approximate surface area is 216 Å². The normalized spacial score (nSPS) is 13.2. The van der Waals surface area contributed by atoms with Crippen LogP contribution in [0.3, 0.4) is 0 Å². The lowest BCUT2D eigenvalue weighted by Crippen LogP contribution is -2.42. The van der Waals surface area contributed by atoms with Crippen molar-refractivity contribution in [3.05, 3.63) is 113 Å². The van der Waals surface area contributed by atoms with Crippen molar-refractivity contribution >= 4 is 28.0 Å². The Morgan fingerprint density at radius 2 is 1.56 bits per heavy atom. The predicted molar refractivity (Wildman–Crippen MR) is 142 cm³/mol. The second-order valence-corrected chi connectivity index (χ2v) is 10.5. The summed E-state index contributed by atoms with van der Waals surface area (Å²) in [5.74, 6) is 1.36.